The highest BCUT2D eigenvalue weighted by molar-refractivity contribution is 5.81. The number of hydrogen-bond acceptors (Lipinski definition) is 3. The number of nitrogens with one attached hydrogen (secondary N) is 1. The van der Waals surface area contributed by atoms with Crippen molar-refractivity contribution >= 4 is 11.6 Å². The normalized spacial score (nSPS) is 19.2. The summed E-state index contributed by atoms with van der Waals surface area (Å²) in [6.07, 6.45) is 0.812. The molecular weight excluding hydrogens is 240 g/mol. The van der Waals surface area contributed by atoms with Crippen LogP contribution >= 0.6 is 0 Å². The summed E-state index contributed by atoms with van der Waals surface area (Å²) in [4.78, 5) is 14.2. The van der Waals surface area contributed by atoms with E-state index in [0.29, 0.717) is 13.2 Å². The Labute approximate surface area is 114 Å². The number of carbonyl (C=O) groups is 1. The molecule has 19 heavy (non-hydrogen) atoms. The molecule has 2 rings (SSSR count). The van der Waals surface area contributed by atoms with Crippen LogP contribution in [0.1, 0.15) is 12.5 Å². The van der Waals surface area contributed by atoms with E-state index in [4.69, 9.17) is 4.74 Å². The van der Waals surface area contributed by atoms with Gasteiger partial charge in [0.2, 0.25) is 5.91 Å². The van der Waals surface area contributed by atoms with Crippen molar-refractivity contribution < 1.29 is 9.53 Å². The van der Waals surface area contributed by atoms with Crippen LogP contribution in [0, 0.1) is 5.92 Å². The first-order valence-corrected chi connectivity index (χ1v) is 6.71. The molecule has 104 valence electrons. The topological polar surface area (TPSA) is 41.6 Å². The Morgan fingerprint density at radius 3 is 3.00 bits per heavy atom. The van der Waals surface area contributed by atoms with E-state index in [1.165, 1.54) is 5.56 Å². The lowest BCUT2D eigenvalue weighted by Crippen LogP contribution is -2.44. The highest BCUT2D eigenvalue weighted by Crippen LogP contribution is 2.25. The van der Waals surface area contributed by atoms with Crippen LogP contribution < -0.4 is 5.32 Å². The number of likely N-dealkylation sites (N-methyl/N-ethyl adjacent to an activating group) is 1. The van der Waals surface area contributed by atoms with Gasteiger partial charge in [0.15, 0.2) is 0 Å². The molecule has 0 spiro atoms. The molecule has 1 heterocycles. The van der Waals surface area contributed by atoms with Gasteiger partial charge >= 0.3 is 0 Å². The summed E-state index contributed by atoms with van der Waals surface area (Å²) in [5, 5.41) is 3.34. The summed E-state index contributed by atoms with van der Waals surface area (Å²) in [5.74, 6) is 0.200. The van der Waals surface area contributed by atoms with Gasteiger partial charge in [0.25, 0.3) is 0 Å². The Hall–Kier alpha value is -1.55. The lowest BCUT2D eigenvalue weighted by molar-refractivity contribution is -0.136. The van der Waals surface area contributed by atoms with Gasteiger partial charge in [-0.15, -0.1) is 0 Å². The number of amides is 1. The van der Waals surface area contributed by atoms with Gasteiger partial charge in [0.05, 0.1) is 18.6 Å². The van der Waals surface area contributed by atoms with Crippen molar-refractivity contribution in [3.8, 4) is 0 Å². The Morgan fingerprint density at radius 2 is 2.26 bits per heavy atom. The van der Waals surface area contributed by atoms with Crippen molar-refractivity contribution in [3.63, 3.8) is 0 Å². The Bertz CT molecular complexity index is 448. The molecule has 0 saturated heterocycles. The second-order valence-corrected chi connectivity index (χ2v) is 5.19. The molecule has 2 atom stereocenters. The highest BCUT2D eigenvalue weighted by Gasteiger charge is 2.28. The minimum atomic E-state index is 0.0132. The number of para-hydroxylation sites is 1. The van der Waals surface area contributed by atoms with Crippen LogP contribution in [0.5, 0.6) is 0 Å². The smallest absolute Gasteiger partial charge is 0.227 e. The Kier molecular flexibility index (Phi) is 4.43. The van der Waals surface area contributed by atoms with Crippen LogP contribution in [-0.2, 0) is 16.0 Å². The Morgan fingerprint density at radius 1 is 1.53 bits per heavy atom. The lowest BCUT2D eigenvalue weighted by Gasteiger charge is -2.31. The van der Waals surface area contributed by atoms with E-state index in [1.54, 1.807) is 12.0 Å². The third kappa shape index (κ3) is 3.07. The van der Waals surface area contributed by atoms with Crippen LogP contribution in [0.2, 0.25) is 0 Å². The van der Waals surface area contributed by atoms with Gasteiger partial charge in [-0.05, 0) is 25.0 Å². The van der Waals surface area contributed by atoms with Crippen molar-refractivity contribution in [2.75, 3.05) is 32.6 Å². The molecule has 4 nitrogen and oxygen atoms in total. The first kappa shape index (κ1) is 13.9. The van der Waals surface area contributed by atoms with Crippen molar-refractivity contribution in [2.24, 2.45) is 5.92 Å². The molecule has 1 aliphatic rings. The summed E-state index contributed by atoms with van der Waals surface area (Å²) < 4.78 is 5.11. The molecule has 1 N–H and O–H groups in total. The number of fused-ring (bicyclic) bond motifs is 1. The minimum Gasteiger partial charge on any atom is -0.384 e. The van der Waals surface area contributed by atoms with Crippen molar-refractivity contribution in [1.82, 2.24) is 4.90 Å². The van der Waals surface area contributed by atoms with Gasteiger partial charge in [0.1, 0.15) is 0 Å². The zero-order valence-electron chi connectivity index (χ0n) is 11.8. The van der Waals surface area contributed by atoms with Gasteiger partial charge in [-0.2, -0.15) is 0 Å². The maximum absolute atomic E-state index is 12.5. The lowest BCUT2D eigenvalue weighted by atomic mass is 9.92. The predicted molar refractivity (Wildman–Crippen MR) is 76.2 cm³/mol. The zero-order chi connectivity index (χ0) is 13.8. The quantitative estimate of drug-likeness (QED) is 0.899. The summed E-state index contributed by atoms with van der Waals surface area (Å²) in [7, 11) is 3.51. The van der Waals surface area contributed by atoms with Gasteiger partial charge < -0.3 is 15.0 Å². The molecule has 0 fully saturated rings. The third-order valence-corrected chi connectivity index (χ3v) is 3.79. The number of rotatable bonds is 4. The van der Waals surface area contributed by atoms with Crippen molar-refractivity contribution in [3.05, 3.63) is 29.8 Å². The Balaban J connectivity index is 2.02. The number of benzene rings is 1. The second-order valence-electron chi connectivity index (χ2n) is 5.19. The van der Waals surface area contributed by atoms with Gasteiger partial charge in [-0.3, -0.25) is 4.79 Å². The van der Waals surface area contributed by atoms with Crippen molar-refractivity contribution in [1.29, 1.82) is 0 Å². The van der Waals surface area contributed by atoms with E-state index >= 15 is 0 Å². The fourth-order valence-electron chi connectivity index (χ4n) is 2.47. The first-order valence-electron chi connectivity index (χ1n) is 6.71. The van der Waals surface area contributed by atoms with Crippen LogP contribution in [0.3, 0.4) is 0 Å². The molecule has 2 unspecified atom stereocenters. The number of methoxy groups -OCH3 is 1. The standard InChI is InChI=1S/C15H22N2O2/c1-11(10-19-3)17(2)15(18)13-8-12-6-4-5-7-14(12)16-9-13/h4-7,11,13,16H,8-10H2,1-3H3. The first-order chi connectivity index (χ1) is 9.13. The summed E-state index contributed by atoms with van der Waals surface area (Å²) in [5.41, 5.74) is 2.37. The molecule has 1 amide bonds. The van der Waals surface area contributed by atoms with Crippen molar-refractivity contribution in [2.45, 2.75) is 19.4 Å². The maximum Gasteiger partial charge on any atom is 0.227 e. The fraction of sp³-hybridized carbons (Fsp3) is 0.533. The molecule has 1 aliphatic heterocycles. The molecule has 0 aromatic heterocycles. The largest absolute Gasteiger partial charge is 0.384 e. The van der Waals surface area contributed by atoms with E-state index in [0.717, 1.165) is 12.1 Å². The molecular formula is C15H22N2O2. The second kappa shape index (κ2) is 6.06. The number of carbonyl (C=O) groups excluding carboxylic acids is 1. The molecule has 0 aliphatic carbocycles. The number of hydrogen-bond donors (Lipinski definition) is 1. The van der Waals surface area contributed by atoms with Gasteiger partial charge in [0, 0.05) is 26.4 Å². The van der Waals surface area contributed by atoms with E-state index in [1.807, 2.05) is 26.1 Å². The maximum atomic E-state index is 12.5. The van der Waals surface area contributed by atoms with E-state index in [2.05, 4.69) is 17.4 Å². The average molecular weight is 262 g/mol. The molecule has 4 heteroatoms. The number of anilines is 1. The molecule has 0 saturated carbocycles. The summed E-state index contributed by atoms with van der Waals surface area (Å²) in [6.45, 7) is 3.28. The molecule has 1 aromatic carbocycles. The molecule has 0 bridgehead atoms. The van der Waals surface area contributed by atoms with E-state index in [-0.39, 0.29) is 17.9 Å². The van der Waals surface area contributed by atoms with Gasteiger partial charge in [-0.25, -0.2) is 0 Å². The predicted octanol–water partition coefficient (Wildman–Crippen LogP) is 1.76. The molecule has 0 radical (unpaired) electrons. The average Bonchev–Trinajstić information content (AvgIpc) is 2.45. The minimum absolute atomic E-state index is 0.0132. The number of nitrogens with zero attached hydrogens (tertiary/aromatic N) is 1. The summed E-state index contributed by atoms with van der Waals surface area (Å²) >= 11 is 0. The van der Waals surface area contributed by atoms with Crippen LogP contribution in [-0.4, -0.2) is 44.2 Å². The third-order valence-electron chi connectivity index (χ3n) is 3.79. The van der Waals surface area contributed by atoms with Crippen LogP contribution in [0.4, 0.5) is 5.69 Å². The monoisotopic (exact) mass is 262 g/mol. The molecule has 1 aromatic rings. The fourth-order valence-corrected chi connectivity index (χ4v) is 2.47. The highest BCUT2D eigenvalue weighted by atomic mass is 16.5. The van der Waals surface area contributed by atoms with Crippen LogP contribution in [0.15, 0.2) is 24.3 Å². The van der Waals surface area contributed by atoms with E-state index in [9.17, 15) is 4.79 Å². The summed E-state index contributed by atoms with van der Waals surface area (Å²) in [6, 6.07) is 8.29. The van der Waals surface area contributed by atoms with Crippen LogP contribution in [0.25, 0.3) is 0 Å². The number of ether oxygens (including phenoxy) is 1. The zero-order valence-corrected chi connectivity index (χ0v) is 11.8. The van der Waals surface area contributed by atoms with E-state index < -0.39 is 0 Å². The SMILES string of the molecule is COCC(C)N(C)C(=O)C1CNc2ccccc2C1. The van der Waals surface area contributed by atoms with Gasteiger partial charge in [-0.1, -0.05) is 18.2 Å².